The van der Waals surface area contributed by atoms with Gasteiger partial charge in [-0.3, -0.25) is 19.7 Å². The number of hydrogen-bond donors (Lipinski definition) is 3. The molecule has 0 unspecified atom stereocenters. The number of non-ortho nitro benzene ring substituents is 1. The maximum atomic E-state index is 11.7. The van der Waals surface area contributed by atoms with Gasteiger partial charge in [0, 0.05) is 17.8 Å². The third-order valence-corrected chi connectivity index (χ3v) is 3.11. The van der Waals surface area contributed by atoms with E-state index in [0.717, 1.165) is 0 Å². The summed E-state index contributed by atoms with van der Waals surface area (Å²) in [6.07, 6.45) is 0.0884. The Kier molecular flexibility index (Phi) is 5.45. The van der Waals surface area contributed by atoms with Crippen LogP contribution in [0.3, 0.4) is 0 Å². The lowest BCUT2D eigenvalue weighted by Gasteiger charge is -2.07. The fourth-order valence-electron chi connectivity index (χ4n) is 1.91. The van der Waals surface area contributed by atoms with Crippen molar-refractivity contribution < 1.29 is 19.6 Å². The minimum Gasteiger partial charge on any atom is -0.508 e. The van der Waals surface area contributed by atoms with Crippen LogP contribution in [0.2, 0.25) is 0 Å². The maximum Gasteiger partial charge on any atom is 0.269 e. The lowest BCUT2D eigenvalue weighted by atomic mass is 10.1. The smallest absolute Gasteiger partial charge is 0.269 e. The molecule has 0 spiro atoms. The van der Waals surface area contributed by atoms with Crippen molar-refractivity contribution in [1.82, 2.24) is 5.32 Å². The van der Waals surface area contributed by atoms with E-state index in [4.69, 9.17) is 5.11 Å². The second kappa shape index (κ2) is 7.73. The molecule has 2 amide bonds. The highest BCUT2D eigenvalue weighted by atomic mass is 16.6. The van der Waals surface area contributed by atoms with Crippen molar-refractivity contribution in [2.24, 2.45) is 0 Å². The Morgan fingerprint density at radius 3 is 2.21 bits per heavy atom. The zero-order chi connectivity index (χ0) is 17.5. The minimum absolute atomic E-state index is 0.0739. The van der Waals surface area contributed by atoms with E-state index in [1.165, 1.54) is 36.4 Å². The largest absolute Gasteiger partial charge is 0.508 e. The van der Waals surface area contributed by atoms with Crippen LogP contribution >= 0.6 is 0 Å². The number of amides is 2. The number of nitro groups is 1. The zero-order valence-electron chi connectivity index (χ0n) is 12.6. The Morgan fingerprint density at radius 2 is 1.62 bits per heavy atom. The Hall–Kier alpha value is -3.42. The van der Waals surface area contributed by atoms with Crippen LogP contribution in [0.25, 0.3) is 0 Å². The van der Waals surface area contributed by atoms with Gasteiger partial charge in [-0.05, 0) is 29.8 Å². The van der Waals surface area contributed by atoms with Crippen molar-refractivity contribution in [3.05, 3.63) is 64.2 Å². The first-order valence-corrected chi connectivity index (χ1v) is 7.03. The molecule has 0 aliphatic carbocycles. The first kappa shape index (κ1) is 16.9. The Labute approximate surface area is 137 Å². The van der Waals surface area contributed by atoms with E-state index < -0.39 is 10.8 Å². The van der Waals surface area contributed by atoms with Gasteiger partial charge < -0.3 is 15.7 Å². The molecule has 0 bridgehead atoms. The van der Waals surface area contributed by atoms with Crippen molar-refractivity contribution in [2.45, 2.75) is 6.42 Å². The quantitative estimate of drug-likeness (QED) is 0.549. The normalized spacial score (nSPS) is 10.0. The fraction of sp³-hybridized carbons (Fsp3) is 0.125. The second-order valence-corrected chi connectivity index (χ2v) is 4.97. The number of benzene rings is 2. The SMILES string of the molecule is O=C(Cc1ccc(O)cc1)NCC(=O)Nc1ccc([N+](=O)[O-])cc1. The number of nitrogens with one attached hydrogen (secondary N) is 2. The summed E-state index contributed by atoms with van der Waals surface area (Å²) in [5, 5.41) is 24.7. The molecule has 2 aromatic carbocycles. The molecule has 124 valence electrons. The molecule has 24 heavy (non-hydrogen) atoms. The first-order valence-electron chi connectivity index (χ1n) is 7.03. The number of nitro benzene ring substituents is 1. The molecule has 2 aromatic rings. The number of anilines is 1. The Bertz CT molecular complexity index is 741. The molecule has 0 aliphatic heterocycles. The lowest BCUT2D eigenvalue weighted by molar-refractivity contribution is -0.384. The van der Waals surface area contributed by atoms with Gasteiger partial charge >= 0.3 is 0 Å². The number of phenolic OH excluding ortho intramolecular Hbond substituents is 1. The Morgan fingerprint density at radius 1 is 1.00 bits per heavy atom. The number of carbonyl (C=O) groups excluding carboxylic acids is 2. The van der Waals surface area contributed by atoms with Gasteiger partial charge in [0.1, 0.15) is 5.75 Å². The summed E-state index contributed by atoms with van der Waals surface area (Å²) in [6, 6.07) is 11.6. The number of phenols is 1. The van der Waals surface area contributed by atoms with Crippen LogP contribution in [0.15, 0.2) is 48.5 Å². The van der Waals surface area contributed by atoms with Crippen LogP contribution in [0.5, 0.6) is 5.75 Å². The van der Waals surface area contributed by atoms with E-state index in [-0.39, 0.29) is 30.3 Å². The summed E-state index contributed by atoms with van der Waals surface area (Å²) in [4.78, 5) is 33.5. The predicted molar refractivity (Wildman–Crippen MR) is 86.5 cm³/mol. The highest BCUT2D eigenvalue weighted by Crippen LogP contribution is 2.15. The van der Waals surface area contributed by atoms with Crippen molar-refractivity contribution in [3.8, 4) is 5.75 Å². The molecule has 0 radical (unpaired) electrons. The van der Waals surface area contributed by atoms with Crippen LogP contribution < -0.4 is 10.6 Å². The molecule has 3 N–H and O–H groups in total. The molecule has 2 rings (SSSR count). The van der Waals surface area contributed by atoms with Gasteiger partial charge in [0.05, 0.1) is 17.9 Å². The summed E-state index contributed by atoms with van der Waals surface area (Å²) in [7, 11) is 0. The molecular formula is C16H15N3O5. The number of hydrogen-bond acceptors (Lipinski definition) is 5. The van der Waals surface area contributed by atoms with E-state index in [1.54, 1.807) is 12.1 Å². The summed E-state index contributed by atoms with van der Waals surface area (Å²) in [5.74, 6) is -0.663. The molecule has 8 heteroatoms. The second-order valence-electron chi connectivity index (χ2n) is 4.97. The number of aromatic hydroxyl groups is 1. The highest BCUT2D eigenvalue weighted by Gasteiger charge is 2.08. The standard InChI is InChI=1S/C16H15N3O5/c20-14-7-1-11(2-8-14)9-15(21)17-10-16(22)18-12-3-5-13(6-4-12)19(23)24/h1-8,20H,9-10H2,(H,17,21)(H,18,22). The van der Waals surface area contributed by atoms with Gasteiger partial charge in [-0.25, -0.2) is 0 Å². The molecule has 8 nitrogen and oxygen atoms in total. The first-order chi connectivity index (χ1) is 11.4. The summed E-state index contributed by atoms with van der Waals surface area (Å²) < 4.78 is 0. The van der Waals surface area contributed by atoms with E-state index >= 15 is 0 Å². The van der Waals surface area contributed by atoms with Gasteiger partial charge in [-0.1, -0.05) is 12.1 Å². The maximum absolute atomic E-state index is 11.7. The van der Waals surface area contributed by atoms with E-state index in [2.05, 4.69) is 10.6 Å². The lowest BCUT2D eigenvalue weighted by Crippen LogP contribution is -2.33. The van der Waals surface area contributed by atoms with Crippen LogP contribution in [-0.4, -0.2) is 28.4 Å². The van der Waals surface area contributed by atoms with Crippen molar-refractivity contribution in [3.63, 3.8) is 0 Å². The van der Waals surface area contributed by atoms with E-state index in [0.29, 0.717) is 11.3 Å². The van der Waals surface area contributed by atoms with Crippen molar-refractivity contribution in [2.75, 3.05) is 11.9 Å². The van der Waals surface area contributed by atoms with E-state index in [9.17, 15) is 19.7 Å². The minimum atomic E-state index is -0.533. The number of carbonyl (C=O) groups is 2. The topological polar surface area (TPSA) is 122 Å². The molecule has 0 heterocycles. The van der Waals surface area contributed by atoms with Gasteiger partial charge in [0.25, 0.3) is 5.69 Å². The number of nitrogens with zero attached hydrogens (tertiary/aromatic N) is 1. The third kappa shape index (κ3) is 5.09. The molecule has 0 saturated carbocycles. The van der Waals surface area contributed by atoms with Gasteiger partial charge in [0.15, 0.2) is 0 Å². The average Bonchev–Trinajstić information content (AvgIpc) is 2.55. The van der Waals surface area contributed by atoms with Gasteiger partial charge in [-0.15, -0.1) is 0 Å². The van der Waals surface area contributed by atoms with Gasteiger partial charge in [0.2, 0.25) is 11.8 Å². The van der Waals surface area contributed by atoms with Gasteiger partial charge in [-0.2, -0.15) is 0 Å². The van der Waals surface area contributed by atoms with Crippen LogP contribution in [0.4, 0.5) is 11.4 Å². The van der Waals surface area contributed by atoms with Crippen LogP contribution in [0, 0.1) is 10.1 Å². The summed E-state index contributed by atoms with van der Waals surface area (Å²) in [6.45, 7) is -0.214. The predicted octanol–water partition coefficient (Wildman–Crippen LogP) is 1.60. The van der Waals surface area contributed by atoms with Crippen LogP contribution in [-0.2, 0) is 16.0 Å². The summed E-state index contributed by atoms with van der Waals surface area (Å²) >= 11 is 0. The molecule has 0 aliphatic rings. The Balaban J connectivity index is 1.78. The highest BCUT2D eigenvalue weighted by molar-refractivity contribution is 5.94. The van der Waals surface area contributed by atoms with E-state index in [1.807, 2.05) is 0 Å². The van der Waals surface area contributed by atoms with Crippen molar-refractivity contribution >= 4 is 23.2 Å². The fourth-order valence-corrected chi connectivity index (χ4v) is 1.91. The van der Waals surface area contributed by atoms with Crippen LogP contribution in [0.1, 0.15) is 5.56 Å². The molecule has 0 fully saturated rings. The molecule has 0 saturated heterocycles. The average molecular weight is 329 g/mol. The van der Waals surface area contributed by atoms with Crippen molar-refractivity contribution in [1.29, 1.82) is 0 Å². The summed E-state index contributed by atoms with van der Waals surface area (Å²) in [5.41, 5.74) is 1.04. The molecule has 0 atom stereocenters. The molecular weight excluding hydrogens is 314 g/mol. The third-order valence-electron chi connectivity index (χ3n) is 3.11. The monoisotopic (exact) mass is 329 g/mol. The zero-order valence-corrected chi connectivity index (χ0v) is 12.6. The number of rotatable bonds is 6. The molecule has 0 aromatic heterocycles.